The van der Waals surface area contributed by atoms with Gasteiger partial charge in [0.15, 0.2) is 6.29 Å². The van der Waals surface area contributed by atoms with Crippen LogP contribution in [-0.2, 0) is 9.47 Å². The van der Waals surface area contributed by atoms with Crippen LogP contribution in [0.25, 0.3) is 0 Å². The minimum atomic E-state index is 0.0876. The van der Waals surface area contributed by atoms with E-state index >= 15 is 0 Å². The van der Waals surface area contributed by atoms with E-state index in [1.165, 1.54) is 38.5 Å². The van der Waals surface area contributed by atoms with Gasteiger partial charge in [-0.05, 0) is 25.7 Å². The highest BCUT2D eigenvalue weighted by Crippen LogP contribution is 2.14. The maximum atomic E-state index is 5.40. The zero-order chi connectivity index (χ0) is 12.9. The van der Waals surface area contributed by atoms with Gasteiger partial charge in [0.05, 0.1) is 13.2 Å². The lowest BCUT2D eigenvalue weighted by Crippen LogP contribution is -2.06. The van der Waals surface area contributed by atoms with Gasteiger partial charge in [0.1, 0.15) is 0 Å². The number of hydrogen-bond acceptors (Lipinski definition) is 2. The van der Waals surface area contributed by atoms with Crippen LogP contribution in [0.1, 0.15) is 44.9 Å². The predicted molar refractivity (Wildman–Crippen MR) is 76.5 cm³/mol. The Hall–Kier alpha value is -0.860. The summed E-state index contributed by atoms with van der Waals surface area (Å²) in [6.45, 7) is 5.18. The quantitative estimate of drug-likeness (QED) is 0.423. The molecule has 2 heteroatoms. The molecule has 0 unspecified atom stereocenters. The fourth-order valence-electron chi connectivity index (χ4n) is 1.99. The van der Waals surface area contributed by atoms with E-state index in [1.807, 2.05) is 12.2 Å². The molecule has 2 nitrogen and oxygen atoms in total. The first-order valence-corrected chi connectivity index (χ1v) is 7.11. The second-order valence-corrected chi connectivity index (χ2v) is 4.57. The number of unbranched alkanes of at least 4 members (excludes halogenated alkanes) is 5. The highest BCUT2D eigenvalue weighted by atomic mass is 16.7. The molecule has 0 spiro atoms. The summed E-state index contributed by atoms with van der Waals surface area (Å²) >= 11 is 0. The Morgan fingerprint density at radius 1 is 0.889 bits per heavy atom. The first-order chi connectivity index (χ1) is 8.93. The van der Waals surface area contributed by atoms with Gasteiger partial charge in [0, 0.05) is 0 Å². The van der Waals surface area contributed by atoms with Crippen LogP contribution in [0.2, 0.25) is 0 Å². The average Bonchev–Trinajstić information content (AvgIpc) is 2.89. The molecule has 0 atom stereocenters. The number of rotatable bonds is 10. The lowest BCUT2D eigenvalue weighted by molar-refractivity contribution is -0.0480. The molecule has 102 valence electrons. The smallest absolute Gasteiger partial charge is 0.157 e. The van der Waals surface area contributed by atoms with Gasteiger partial charge >= 0.3 is 0 Å². The molecular formula is C16H26O2. The zero-order valence-electron chi connectivity index (χ0n) is 11.4. The van der Waals surface area contributed by atoms with Gasteiger partial charge in [-0.3, -0.25) is 0 Å². The third-order valence-corrected chi connectivity index (χ3v) is 3.00. The van der Waals surface area contributed by atoms with Crippen LogP contribution in [0.3, 0.4) is 0 Å². The van der Waals surface area contributed by atoms with Crippen LogP contribution < -0.4 is 0 Å². The summed E-state index contributed by atoms with van der Waals surface area (Å²) in [4.78, 5) is 0. The second kappa shape index (κ2) is 11.2. The van der Waals surface area contributed by atoms with E-state index in [9.17, 15) is 0 Å². The minimum absolute atomic E-state index is 0.0876. The summed E-state index contributed by atoms with van der Waals surface area (Å²) in [5, 5.41) is 0. The van der Waals surface area contributed by atoms with E-state index in [4.69, 9.17) is 9.47 Å². The number of ether oxygens (including phenoxy) is 2. The van der Waals surface area contributed by atoms with Crippen molar-refractivity contribution in [3.63, 3.8) is 0 Å². The molecule has 1 aliphatic rings. The van der Waals surface area contributed by atoms with Crippen molar-refractivity contribution in [2.75, 3.05) is 13.2 Å². The molecule has 0 aromatic rings. The first kappa shape index (κ1) is 15.2. The van der Waals surface area contributed by atoms with Gasteiger partial charge in [0.2, 0.25) is 0 Å². The van der Waals surface area contributed by atoms with Gasteiger partial charge in [-0.1, -0.05) is 56.2 Å². The summed E-state index contributed by atoms with van der Waals surface area (Å²) in [6.07, 6.45) is 18.9. The SMILES string of the molecule is C=C/C=C/C=C\CCCCCCCC1OCCO1. The van der Waals surface area contributed by atoms with Crippen molar-refractivity contribution in [1.29, 1.82) is 0 Å². The molecule has 0 aromatic carbocycles. The fraction of sp³-hybridized carbons (Fsp3) is 0.625. The summed E-state index contributed by atoms with van der Waals surface area (Å²) < 4.78 is 10.8. The van der Waals surface area contributed by atoms with Crippen LogP contribution in [0.15, 0.2) is 37.0 Å². The Kier molecular flexibility index (Phi) is 9.49. The summed E-state index contributed by atoms with van der Waals surface area (Å²) in [7, 11) is 0. The fourth-order valence-corrected chi connectivity index (χ4v) is 1.99. The Balaban J connectivity index is 1.79. The lowest BCUT2D eigenvalue weighted by Gasteiger charge is -2.07. The van der Waals surface area contributed by atoms with Crippen molar-refractivity contribution < 1.29 is 9.47 Å². The molecule has 0 N–H and O–H groups in total. The Labute approximate surface area is 111 Å². The van der Waals surface area contributed by atoms with Gasteiger partial charge in [-0.2, -0.15) is 0 Å². The Morgan fingerprint density at radius 3 is 2.39 bits per heavy atom. The van der Waals surface area contributed by atoms with Gasteiger partial charge in [-0.15, -0.1) is 0 Å². The lowest BCUT2D eigenvalue weighted by atomic mass is 10.1. The van der Waals surface area contributed by atoms with E-state index in [0.29, 0.717) is 0 Å². The average molecular weight is 250 g/mol. The van der Waals surface area contributed by atoms with Crippen molar-refractivity contribution in [2.24, 2.45) is 0 Å². The Bertz CT molecular complexity index is 250. The molecule has 1 saturated heterocycles. The van der Waals surface area contributed by atoms with Crippen molar-refractivity contribution in [1.82, 2.24) is 0 Å². The van der Waals surface area contributed by atoms with E-state index in [0.717, 1.165) is 19.6 Å². The van der Waals surface area contributed by atoms with E-state index in [2.05, 4.69) is 18.7 Å². The van der Waals surface area contributed by atoms with Gasteiger partial charge in [0.25, 0.3) is 0 Å². The third kappa shape index (κ3) is 8.26. The summed E-state index contributed by atoms with van der Waals surface area (Å²) in [5.74, 6) is 0. The minimum Gasteiger partial charge on any atom is -0.350 e. The highest BCUT2D eigenvalue weighted by Gasteiger charge is 2.14. The molecule has 0 aromatic heterocycles. The predicted octanol–water partition coefficient (Wildman–Crippen LogP) is 4.39. The summed E-state index contributed by atoms with van der Waals surface area (Å²) in [5.41, 5.74) is 0. The molecule has 0 radical (unpaired) electrons. The molecule has 1 fully saturated rings. The molecule has 18 heavy (non-hydrogen) atoms. The van der Waals surface area contributed by atoms with E-state index < -0.39 is 0 Å². The highest BCUT2D eigenvalue weighted by molar-refractivity contribution is 5.08. The molecule has 0 aliphatic carbocycles. The van der Waals surface area contributed by atoms with Crippen LogP contribution in [0.4, 0.5) is 0 Å². The molecule has 0 amide bonds. The molecular weight excluding hydrogens is 224 g/mol. The molecule has 1 heterocycles. The van der Waals surface area contributed by atoms with Crippen LogP contribution in [-0.4, -0.2) is 19.5 Å². The first-order valence-electron chi connectivity index (χ1n) is 7.11. The van der Waals surface area contributed by atoms with Crippen LogP contribution in [0.5, 0.6) is 0 Å². The monoisotopic (exact) mass is 250 g/mol. The standard InChI is InChI=1S/C16H26O2/c1-2-3-4-5-6-7-8-9-10-11-12-13-16-17-14-15-18-16/h2-6,16H,1,7-15H2/b4-3+,6-5-. The third-order valence-electron chi connectivity index (χ3n) is 3.00. The maximum absolute atomic E-state index is 5.40. The van der Waals surface area contributed by atoms with Crippen molar-refractivity contribution in [3.05, 3.63) is 37.0 Å². The molecule has 1 aliphatic heterocycles. The number of allylic oxidation sites excluding steroid dienone is 5. The van der Waals surface area contributed by atoms with Crippen molar-refractivity contribution in [3.8, 4) is 0 Å². The molecule has 1 rings (SSSR count). The normalized spacial score (nSPS) is 17.1. The van der Waals surface area contributed by atoms with Crippen molar-refractivity contribution >= 4 is 0 Å². The van der Waals surface area contributed by atoms with E-state index in [-0.39, 0.29) is 6.29 Å². The van der Waals surface area contributed by atoms with Gasteiger partial charge < -0.3 is 9.47 Å². The maximum Gasteiger partial charge on any atom is 0.157 e. The summed E-state index contributed by atoms with van der Waals surface area (Å²) in [6, 6.07) is 0. The van der Waals surface area contributed by atoms with Crippen LogP contribution >= 0.6 is 0 Å². The Morgan fingerprint density at radius 2 is 1.61 bits per heavy atom. The number of hydrogen-bond donors (Lipinski definition) is 0. The second-order valence-electron chi connectivity index (χ2n) is 4.57. The molecule has 0 bridgehead atoms. The van der Waals surface area contributed by atoms with E-state index in [1.54, 1.807) is 6.08 Å². The molecule has 0 saturated carbocycles. The largest absolute Gasteiger partial charge is 0.350 e. The van der Waals surface area contributed by atoms with Gasteiger partial charge in [-0.25, -0.2) is 0 Å². The van der Waals surface area contributed by atoms with Crippen LogP contribution in [0, 0.1) is 0 Å². The van der Waals surface area contributed by atoms with Crippen molar-refractivity contribution in [2.45, 2.75) is 51.2 Å². The zero-order valence-corrected chi connectivity index (χ0v) is 11.4. The topological polar surface area (TPSA) is 18.5 Å².